The molecule has 3 fully saturated rings. The number of ether oxygens (including phenoxy) is 1. The zero-order chi connectivity index (χ0) is 23.1. The van der Waals surface area contributed by atoms with Crippen molar-refractivity contribution in [3.63, 3.8) is 0 Å². The Morgan fingerprint density at radius 3 is 2.45 bits per heavy atom. The van der Waals surface area contributed by atoms with Crippen LogP contribution in [0.25, 0.3) is 0 Å². The first kappa shape index (κ1) is 22.6. The Morgan fingerprint density at radius 2 is 1.79 bits per heavy atom. The topological polar surface area (TPSA) is 66.9 Å². The summed E-state index contributed by atoms with van der Waals surface area (Å²) >= 11 is 0. The fourth-order valence-electron chi connectivity index (χ4n) is 5.53. The Labute approximate surface area is 196 Å². The van der Waals surface area contributed by atoms with Crippen LogP contribution in [0.3, 0.4) is 0 Å². The highest BCUT2D eigenvalue weighted by Crippen LogP contribution is 2.39. The summed E-state index contributed by atoms with van der Waals surface area (Å²) in [5, 5.41) is -0.502. The van der Waals surface area contributed by atoms with Crippen LogP contribution in [0.15, 0.2) is 54.6 Å². The Hall–Kier alpha value is -2.22. The molecule has 0 saturated carbocycles. The highest BCUT2D eigenvalue weighted by molar-refractivity contribution is 7.89. The third-order valence-electron chi connectivity index (χ3n) is 7.48. The molecule has 1 unspecified atom stereocenters. The molecule has 6 nitrogen and oxygen atoms in total. The maximum Gasteiger partial charge on any atom is 0.253 e. The molecule has 0 aliphatic carbocycles. The van der Waals surface area contributed by atoms with Crippen molar-refractivity contribution in [2.75, 3.05) is 26.3 Å². The van der Waals surface area contributed by atoms with E-state index in [1.54, 1.807) is 4.31 Å². The Morgan fingerprint density at radius 1 is 1.06 bits per heavy atom. The van der Waals surface area contributed by atoms with Gasteiger partial charge in [-0.25, -0.2) is 8.42 Å². The Balaban J connectivity index is 1.26. The maximum atomic E-state index is 13.4. The molecule has 3 heterocycles. The second kappa shape index (κ2) is 8.85. The van der Waals surface area contributed by atoms with Gasteiger partial charge in [0.05, 0.1) is 6.61 Å². The quantitative estimate of drug-likeness (QED) is 0.680. The van der Waals surface area contributed by atoms with Gasteiger partial charge in [0.2, 0.25) is 10.0 Å². The van der Waals surface area contributed by atoms with Gasteiger partial charge in [0.25, 0.3) is 5.91 Å². The van der Waals surface area contributed by atoms with Gasteiger partial charge in [0.1, 0.15) is 5.25 Å². The first-order valence-corrected chi connectivity index (χ1v) is 13.4. The largest absolute Gasteiger partial charge is 0.381 e. The van der Waals surface area contributed by atoms with E-state index >= 15 is 0 Å². The van der Waals surface area contributed by atoms with E-state index in [1.165, 1.54) is 0 Å². The summed E-state index contributed by atoms with van der Waals surface area (Å²) in [5.41, 5.74) is 2.56. The van der Waals surface area contributed by atoms with Crippen LogP contribution in [0, 0.1) is 5.41 Å². The molecule has 1 spiro atoms. The minimum atomic E-state index is -3.47. The SMILES string of the molecule is C[C@H]1CCC(c2ccccc2)S(=O)(=O)N1Cc1ccc(C(=O)N2CC3(CCCOC3)C2)cc1. The van der Waals surface area contributed by atoms with Crippen molar-refractivity contribution >= 4 is 15.9 Å². The standard InChI is InChI=1S/C26H32N2O4S/c1-20-8-13-24(22-6-3-2-4-7-22)33(30,31)28(20)16-21-9-11-23(12-10-21)25(29)27-17-26(18-27)14-5-15-32-19-26/h2-4,6-7,9-12,20,24H,5,8,13-19H2,1H3/t20-,24?/m0/s1. The highest BCUT2D eigenvalue weighted by Gasteiger charge is 2.46. The van der Waals surface area contributed by atoms with E-state index in [0.717, 1.165) is 56.7 Å². The molecule has 1 amide bonds. The summed E-state index contributed by atoms with van der Waals surface area (Å²) in [7, 11) is -3.47. The van der Waals surface area contributed by atoms with E-state index < -0.39 is 15.3 Å². The number of hydrogen-bond donors (Lipinski definition) is 0. The second-order valence-electron chi connectivity index (χ2n) is 9.93. The third kappa shape index (κ3) is 4.34. The van der Waals surface area contributed by atoms with Crippen molar-refractivity contribution in [2.24, 2.45) is 5.41 Å². The molecule has 3 saturated heterocycles. The van der Waals surface area contributed by atoms with E-state index in [4.69, 9.17) is 4.74 Å². The molecular formula is C26H32N2O4S. The van der Waals surface area contributed by atoms with E-state index in [9.17, 15) is 13.2 Å². The normalized spacial score (nSPS) is 26.6. The zero-order valence-electron chi connectivity index (χ0n) is 19.2. The predicted molar refractivity (Wildman–Crippen MR) is 127 cm³/mol. The predicted octanol–water partition coefficient (Wildman–Crippen LogP) is 3.99. The number of likely N-dealkylation sites (tertiary alicyclic amines) is 1. The Bertz CT molecular complexity index is 1090. The summed E-state index contributed by atoms with van der Waals surface area (Å²) in [4.78, 5) is 14.8. The van der Waals surface area contributed by atoms with Crippen molar-refractivity contribution in [1.29, 1.82) is 0 Å². The second-order valence-corrected chi connectivity index (χ2v) is 12.0. The van der Waals surface area contributed by atoms with Gasteiger partial charge < -0.3 is 9.64 Å². The molecular weight excluding hydrogens is 436 g/mol. The lowest BCUT2D eigenvalue weighted by atomic mass is 9.75. The molecule has 7 heteroatoms. The summed E-state index contributed by atoms with van der Waals surface area (Å²) in [6.07, 6.45) is 3.66. The number of benzene rings is 2. The van der Waals surface area contributed by atoms with Crippen LogP contribution in [-0.4, -0.2) is 55.9 Å². The van der Waals surface area contributed by atoms with Crippen LogP contribution in [-0.2, 0) is 21.3 Å². The summed E-state index contributed by atoms with van der Waals surface area (Å²) < 4.78 is 34.1. The van der Waals surface area contributed by atoms with Gasteiger partial charge in [-0.05, 0) is 55.9 Å². The van der Waals surface area contributed by atoms with E-state index in [-0.39, 0.29) is 17.4 Å². The molecule has 3 aliphatic heterocycles. The van der Waals surface area contributed by atoms with Crippen molar-refractivity contribution in [3.8, 4) is 0 Å². The van der Waals surface area contributed by atoms with Gasteiger partial charge in [-0.15, -0.1) is 0 Å². The van der Waals surface area contributed by atoms with Gasteiger partial charge in [-0.1, -0.05) is 42.5 Å². The van der Waals surface area contributed by atoms with E-state index in [0.29, 0.717) is 18.5 Å². The number of carbonyl (C=O) groups excluding carboxylic acids is 1. The monoisotopic (exact) mass is 468 g/mol. The molecule has 2 aromatic carbocycles. The average Bonchev–Trinajstić information content (AvgIpc) is 2.81. The smallest absolute Gasteiger partial charge is 0.253 e. The van der Waals surface area contributed by atoms with Gasteiger partial charge in [0.15, 0.2) is 0 Å². The molecule has 2 aromatic rings. The van der Waals surface area contributed by atoms with Crippen LogP contribution in [0.5, 0.6) is 0 Å². The number of sulfonamides is 1. The molecule has 3 aliphatic rings. The van der Waals surface area contributed by atoms with E-state index in [1.807, 2.05) is 66.4 Å². The molecule has 0 N–H and O–H groups in total. The van der Waals surface area contributed by atoms with Crippen molar-refractivity contribution in [3.05, 3.63) is 71.3 Å². The third-order valence-corrected chi connectivity index (χ3v) is 9.85. The Kier molecular flexibility index (Phi) is 6.05. The van der Waals surface area contributed by atoms with Crippen LogP contribution in [0.4, 0.5) is 0 Å². The van der Waals surface area contributed by atoms with Crippen LogP contribution in [0.2, 0.25) is 0 Å². The summed E-state index contributed by atoms with van der Waals surface area (Å²) in [6, 6.07) is 16.9. The lowest BCUT2D eigenvalue weighted by Crippen LogP contribution is -2.61. The first-order chi connectivity index (χ1) is 15.9. The number of rotatable bonds is 4. The van der Waals surface area contributed by atoms with E-state index in [2.05, 4.69) is 0 Å². The fourth-order valence-corrected chi connectivity index (χ4v) is 7.73. The van der Waals surface area contributed by atoms with Crippen molar-refractivity contribution < 1.29 is 17.9 Å². The van der Waals surface area contributed by atoms with Gasteiger partial charge in [0, 0.05) is 43.3 Å². The van der Waals surface area contributed by atoms with Crippen molar-refractivity contribution in [2.45, 2.75) is 50.4 Å². The number of hydrogen-bond acceptors (Lipinski definition) is 4. The number of carbonyl (C=O) groups is 1. The average molecular weight is 469 g/mol. The van der Waals surface area contributed by atoms with Gasteiger partial charge in [-0.2, -0.15) is 4.31 Å². The molecule has 2 atom stereocenters. The lowest BCUT2D eigenvalue weighted by Gasteiger charge is -2.51. The van der Waals surface area contributed by atoms with Gasteiger partial charge >= 0.3 is 0 Å². The van der Waals surface area contributed by atoms with Crippen LogP contribution < -0.4 is 0 Å². The number of nitrogens with zero attached hydrogens (tertiary/aromatic N) is 2. The molecule has 5 rings (SSSR count). The highest BCUT2D eigenvalue weighted by atomic mass is 32.2. The fraction of sp³-hybridized carbons (Fsp3) is 0.500. The van der Waals surface area contributed by atoms with Crippen LogP contribution in [0.1, 0.15) is 59.3 Å². The number of amides is 1. The summed E-state index contributed by atoms with van der Waals surface area (Å²) in [5.74, 6) is 0.0425. The maximum absolute atomic E-state index is 13.4. The summed E-state index contributed by atoms with van der Waals surface area (Å²) in [6.45, 7) is 5.41. The minimum Gasteiger partial charge on any atom is -0.381 e. The minimum absolute atomic E-state index is 0.0425. The molecule has 0 radical (unpaired) electrons. The van der Waals surface area contributed by atoms with Crippen LogP contribution >= 0.6 is 0 Å². The molecule has 33 heavy (non-hydrogen) atoms. The molecule has 176 valence electrons. The molecule has 0 bridgehead atoms. The lowest BCUT2D eigenvalue weighted by molar-refractivity contribution is -0.0863. The zero-order valence-corrected chi connectivity index (χ0v) is 20.0. The molecule has 0 aromatic heterocycles. The van der Waals surface area contributed by atoms with Gasteiger partial charge in [-0.3, -0.25) is 4.79 Å². The van der Waals surface area contributed by atoms with Crippen molar-refractivity contribution in [1.82, 2.24) is 9.21 Å². The first-order valence-electron chi connectivity index (χ1n) is 11.9.